The highest BCUT2D eigenvalue weighted by atomic mass is 16.4. The van der Waals surface area contributed by atoms with Gasteiger partial charge in [0.25, 0.3) is 5.78 Å². The molecule has 0 unspecified atom stereocenters. The molecule has 0 radical (unpaired) electrons. The molecule has 0 amide bonds. The third-order valence-electron chi connectivity index (χ3n) is 1.92. The molecule has 0 aliphatic heterocycles. The summed E-state index contributed by atoms with van der Waals surface area (Å²) in [5.74, 6) is -0.907. The van der Waals surface area contributed by atoms with Crippen LogP contribution in [-0.4, -0.2) is 30.7 Å². The average Bonchev–Trinajstić information content (AvgIpc) is 2.59. The van der Waals surface area contributed by atoms with Crippen molar-refractivity contribution >= 4 is 11.7 Å². The van der Waals surface area contributed by atoms with Crippen molar-refractivity contribution in [2.75, 3.05) is 0 Å². The van der Waals surface area contributed by atoms with Crippen LogP contribution in [0.2, 0.25) is 0 Å². The topological polar surface area (TPSA) is 80.4 Å². The predicted octanol–water partition coefficient (Wildman–Crippen LogP) is 0.385. The molecule has 0 aromatic carbocycles. The van der Waals surface area contributed by atoms with Gasteiger partial charge in [0.2, 0.25) is 5.82 Å². The van der Waals surface area contributed by atoms with Crippen LogP contribution in [0.4, 0.5) is 0 Å². The van der Waals surface area contributed by atoms with Gasteiger partial charge < -0.3 is 5.11 Å². The zero-order valence-electron chi connectivity index (χ0n) is 7.51. The minimum absolute atomic E-state index is 0.109. The van der Waals surface area contributed by atoms with Crippen LogP contribution < -0.4 is 0 Å². The van der Waals surface area contributed by atoms with Crippen molar-refractivity contribution in [2.24, 2.45) is 0 Å². The second-order valence-electron chi connectivity index (χ2n) is 2.81. The van der Waals surface area contributed by atoms with Crippen LogP contribution >= 0.6 is 0 Å². The molecule has 72 valence electrons. The standard InChI is InChI=1S/C8H8N4O2/c1-2-5-3-9-8-11-10-6(7(13)14)12(8)4-5/h3-4H,2H2,1H3,(H,13,14). The quantitative estimate of drug-likeness (QED) is 0.744. The zero-order chi connectivity index (χ0) is 10.1. The van der Waals surface area contributed by atoms with E-state index >= 15 is 0 Å². The highest BCUT2D eigenvalue weighted by molar-refractivity contribution is 5.84. The number of carboxylic acids is 1. The summed E-state index contributed by atoms with van der Waals surface area (Å²) in [5.41, 5.74) is 0.944. The van der Waals surface area contributed by atoms with Gasteiger partial charge in [0.1, 0.15) is 0 Å². The molecule has 0 atom stereocenters. The number of aromatic carboxylic acids is 1. The Bertz CT molecular complexity index is 491. The van der Waals surface area contributed by atoms with Crippen LogP contribution in [0, 0.1) is 0 Å². The number of carboxylic acid groups (broad SMARTS) is 1. The van der Waals surface area contributed by atoms with Crippen molar-refractivity contribution in [3.8, 4) is 0 Å². The van der Waals surface area contributed by atoms with E-state index in [2.05, 4.69) is 15.2 Å². The summed E-state index contributed by atoms with van der Waals surface area (Å²) in [6.07, 6.45) is 4.14. The maximum Gasteiger partial charge on any atom is 0.374 e. The molecule has 0 spiro atoms. The molecule has 2 aromatic heterocycles. The Morgan fingerprint density at radius 2 is 2.36 bits per heavy atom. The van der Waals surface area contributed by atoms with Gasteiger partial charge in [0.05, 0.1) is 0 Å². The van der Waals surface area contributed by atoms with Gasteiger partial charge in [-0.3, -0.25) is 4.40 Å². The van der Waals surface area contributed by atoms with Crippen molar-refractivity contribution in [2.45, 2.75) is 13.3 Å². The molecule has 0 saturated heterocycles. The Morgan fingerprint density at radius 3 is 3.00 bits per heavy atom. The molecule has 6 heteroatoms. The molecule has 14 heavy (non-hydrogen) atoms. The van der Waals surface area contributed by atoms with Crippen molar-refractivity contribution in [1.82, 2.24) is 19.6 Å². The maximum atomic E-state index is 10.7. The van der Waals surface area contributed by atoms with Gasteiger partial charge >= 0.3 is 5.97 Å². The van der Waals surface area contributed by atoms with E-state index in [9.17, 15) is 4.79 Å². The minimum atomic E-state index is -1.10. The highest BCUT2D eigenvalue weighted by Gasteiger charge is 2.12. The van der Waals surface area contributed by atoms with Gasteiger partial charge in [-0.15, -0.1) is 10.2 Å². The van der Waals surface area contributed by atoms with Crippen molar-refractivity contribution in [3.05, 3.63) is 23.8 Å². The summed E-state index contributed by atoms with van der Waals surface area (Å²) in [5, 5.41) is 15.9. The van der Waals surface area contributed by atoms with E-state index in [4.69, 9.17) is 5.11 Å². The summed E-state index contributed by atoms with van der Waals surface area (Å²) in [6, 6.07) is 0. The summed E-state index contributed by atoms with van der Waals surface area (Å²) in [7, 11) is 0. The van der Waals surface area contributed by atoms with Crippen LogP contribution in [0.1, 0.15) is 23.1 Å². The van der Waals surface area contributed by atoms with Crippen LogP contribution in [0.5, 0.6) is 0 Å². The Morgan fingerprint density at radius 1 is 1.57 bits per heavy atom. The van der Waals surface area contributed by atoms with E-state index in [-0.39, 0.29) is 5.82 Å². The molecule has 0 bridgehead atoms. The summed E-state index contributed by atoms with van der Waals surface area (Å²) in [4.78, 5) is 14.7. The lowest BCUT2D eigenvalue weighted by Crippen LogP contribution is -2.04. The summed E-state index contributed by atoms with van der Waals surface area (Å²) < 4.78 is 1.38. The number of nitrogens with zero attached hydrogens (tertiary/aromatic N) is 4. The van der Waals surface area contributed by atoms with E-state index < -0.39 is 5.97 Å². The lowest BCUT2D eigenvalue weighted by atomic mass is 10.3. The molecule has 0 saturated carbocycles. The second kappa shape index (κ2) is 3.06. The van der Waals surface area contributed by atoms with E-state index in [0.29, 0.717) is 5.78 Å². The molecule has 0 fully saturated rings. The monoisotopic (exact) mass is 192 g/mol. The second-order valence-corrected chi connectivity index (χ2v) is 2.81. The first-order valence-electron chi connectivity index (χ1n) is 4.15. The molecular weight excluding hydrogens is 184 g/mol. The molecule has 6 nitrogen and oxygen atoms in total. The van der Waals surface area contributed by atoms with Gasteiger partial charge in [-0.2, -0.15) is 0 Å². The number of hydrogen-bond donors (Lipinski definition) is 1. The fourth-order valence-corrected chi connectivity index (χ4v) is 1.16. The third kappa shape index (κ3) is 1.20. The molecule has 2 aromatic rings. The number of fused-ring (bicyclic) bond motifs is 1. The molecule has 2 heterocycles. The van der Waals surface area contributed by atoms with E-state index in [1.54, 1.807) is 12.4 Å². The van der Waals surface area contributed by atoms with E-state index in [1.807, 2.05) is 6.92 Å². The number of hydrogen-bond acceptors (Lipinski definition) is 4. The van der Waals surface area contributed by atoms with Gasteiger partial charge in [-0.25, -0.2) is 9.78 Å². The Hall–Kier alpha value is -1.98. The van der Waals surface area contributed by atoms with Crippen LogP contribution in [-0.2, 0) is 6.42 Å². The number of carbonyl (C=O) groups is 1. The SMILES string of the molecule is CCc1cnc2nnc(C(=O)O)n2c1. The van der Waals surface area contributed by atoms with Crippen LogP contribution in [0.25, 0.3) is 5.78 Å². The predicted molar refractivity (Wildman–Crippen MR) is 47.1 cm³/mol. The van der Waals surface area contributed by atoms with Gasteiger partial charge in [0.15, 0.2) is 0 Å². The lowest BCUT2D eigenvalue weighted by molar-refractivity contribution is 0.0682. The van der Waals surface area contributed by atoms with Crippen molar-refractivity contribution in [1.29, 1.82) is 0 Å². The summed E-state index contributed by atoms with van der Waals surface area (Å²) >= 11 is 0. The number of aryl methyl sites for hydroxylation is 1. The normalized spacial score (nSPS) is 10.6. The number of aromatic nitrogens is 4. The van der Waals surface area contributed by atoms with Crippen molar-refractivity contribution in [3.63, 3.8) is 0 Å². The van der Waals surface area contributed by atoms with Crippen LogP contribution in [0.3, 0.4) is 0 Å². The lowest BCUT2D eigenvalue weighted by Gasteiger charge is -1.97. The largest absolute Gasteiger partial charge is 0.475 e. The first-order chi connectivity index (χ1) is 6.72. The Kier molecular flexibility index (Phi) is 1.88. The smallest absolute Gasteiger partial charge is 0.374 e. The Balaban J connectivity index is 2.69. The van der Waals surface area contributed by atoms with E-state index in [0.717, 1.165) is 12.0 Å². The molecule has 0 aliphatic rings. The molecule has 0 aliphatic carbocycles. The van der Waals surface area contributed by atoms with Crippen LogP contribution in [0.15, 0.2) is 12.4 Å². The Labute approximate surface area is 79.2 Å². The third-order valence-corrected chi connectivity index (χ3v) is 1.92. The molecule has 2 rings (SSSR count). The fourth-order valence-electron chi connectivity index (χ4n) is 1.16. The average molecular weight is 192 g/mol. The fraction of sp³-hybridized carbons (Fsp3) is 0.250. The maximum absolute atomic E-state index is 10.7. The highest BCUT2D eigenvalue weighted by Crippen LogP contribution is 2.04. The van der Waals surface area contributed by atoms with E-state index in [1.165, 1.54) is 4.40 Å². The first-order valence-corrected chi connectivity index (χ1v) is 4.15. The zero-order valence-corrected chi connectivity index (χ0v) is 7.51. The first kappa shape index (κ1) is 8.61. The molecule has 1 N–H and O–H groups in total. The number of rotatable bonds is 2. The van der Waals surface area contributed by atoms with Gasteiger partial charge in [-0.05, 0) is 12.0 Å². The minimum Gasteiger partial charge on any atom is -0.475 e. The summed E-state index contributed by atoms with van der Waals surface area (Å²) in [6.45, 7) is 1.97. The van der Waals surface area contributed by atoms with Gasteiger partial charge in [-0.1, -0.05) is 6.92 Å². The van der Waals surface area contributed by atoms with Gasteiger partial charge in [0, 0.05) is 12.4 Å². The molecular formula is C8H8N4O2. The van der Waals surface area contributed by atoms with Crippen molar-refractivity contribution < 1.29 is 9.90 Å².